The van der Waals surface area contributed by atoms with Crippen molar-refractivity contribution >= 4 is 0 Å². The molecule has 0 spiro atoms. The van der Waals surface area contributed by atoms with E-state index < -0.39 is 0 Å². The molecule has 0 amide bonds. The van der Waals surface area contributed by atoms with Crippen molar-refractivity contribution in [3.63, 3.8) is 0 Å². The molecule has 1 N–H and O–H groups in total. The van der Waals surface area contributed by atoms with Gasteiger partial charge in [0.05, 0.1) is 0 Å². The van der Waals surface area contributed by atoms with Gasteiger partial charge in [-0.05, 0) is 29.9 Å². The van der Waals surface area contributed by atoms with Crippen molar-refractivity contribution < 1.29 is 0 Å². The molecule has 0 unspecified atom stereocenters. The third-order valence-electron chi connectivity index (χ3n) is 2.77. The third kappa shape index (κ3) is 2.36. The molecule has 1 aliphatic carbocycles. The summed E-state index contributed by atoms with van der Waals surface area (Å²) >= 11 is 0. The van der Waals surface area contributed by atoms with Gasteiger partial charge < -0.3 is 5.32 Å². The van der Waals surface area contributed by atoms with Crippen LogP contribution in [0.1, 0.15) is 43.7 Å². The highest BCUT2D eigenvalue weighted by Gasteiger charge is 2.25. The Morgan fingerprint density at radius 3 is 2.64 bits per heavy atom. The molecule has 0 radical (unpaired) electrons. The minimum absolute atomic E-state index is 0.572. The Bertz CT molecular complexity index is 300. The van der Waals surface area contributed by atoms with Crippen molar-refractivity contribution in [2.24, 2.45) is 0 Å². The number of nitrogens with one attached hydrogen (secondary N) is 1. The van der Waals surface area contributed by atoms with Gasteiger partial charge in [0.1, 0.15) is 0 Å². The fourth-order valence-corrected chi connectivity index (χ4v) is 1.80. The number of rotatable bonds is 4. The second-order valence-electron chi connectivity index (χ2n) is 4.51. The molecule has 1 aromatic carbocycles. The fourth-order valence-electron chi connectivity index (χ4n) is 1.80. The fraction of sp³-hybridized carbons (Fsp3) is 0.538. The Morgan fingerprint density at radius 1 is 1.29 bits per heavy atom. The first-order chi connectivity index (χ1) is 6.77. The topological polar surface area (TPSA) is 12.0 Å². The first-order valence-corrected chi connectivity index (χ1v) is 5.58. The molecular formula is C13H19N. The quantitative estimate of drug-likeness (QED) is 0.767. The van der Waals surface area contributed by atoms with Crippen LogP contribution in [-0.4, -0.2) is 6.04 Å². The highest BCUT2D eigenvalue weighted by atomic mass is 14.9. The average molecular weight is 189 g/mol. The Hall–Kier alpha value is -0.820. The van der Waals surface area contributed by atoms with E-state index in [-0.39, 0.29) is 0 Å². The van der Waals surface area contributed by atoms with Crippen LogP contribution in [0.25, 0.3) is 0 Å². The van der Waals surface area contributed by atoms with Gasteiger partial charge in [0.25, 0.3) is 0 Å². The molecule has 0 saturated heterocycles. The van der Waals surface area contributed by atoms with Crippen LogP contribution >= 0.6 is 0 Å². The van der Waals surface area contributed by atoms with Crippen LogP contribution in [-0.2, 0) is 6.54 Å². The van der Waals surface area contributed by atoms with Crippen molar-refractivity contribution in [2.75, 3.05) is 0 Å². The van der Waals surface area contributed by atoms with Crippen LogP contribution < -0.4 is 5.32 Å². The predicted octanol–water partition coefficient (Wildman–Crippen LogP) is 3.06. The van der Waals surface area contributed by atoms with Crippen LogP contribution in [0, 0.1) is 0 Å². The minimum Gasteiger partial charge on any atom is -0.310 e. The van der Waals surface area contributed by atoms with Gasteiger partial charge in [-0.3, -0.25) is 0 Å². The van der Waals surface area contributed by atoms with E-state index in [9.17, 15) is 0 Å². The Balaban J connectivity index is 2.07. The smallest absolute Gasteiger partial charge is 0.0210 e. The summed E-state index contributed by atoms with van der Waals surface area (Å²) < 4.78 is 0. The molecule has 0 atom stereocenters. The largest absolute Gasteiger partial charge is 0.310 e. The lowest BCUT2D eigenvalue weighted by Crippen LogP contribution is -2.22. The summed E-state index contributed by atoms with van der Waals surface area (Å²) in [7, 11) is 0. The molecule has 1 aromatic rings. The monoisotopic (exact) mass is 189 g/mol. The molecule has 14 heavy (non-hydrogen) atoms. The maximum Gasteiger partial charge on any atom is 0.0210 e. The summed E-state index contributed by atoms with van der Waals surface area (Å²) in [4.78, 5) is 0. The van der Waals surface area contributed by atoms with Gasteiger partial charge in [-0.1, -0.05) is 38.1 Å². The van der Waals surface area contributed by atoms with Crippen molar-refractivity contribution in [3.8, 4) is 0 Å². The molecule has 1 nitrogen and oxygen atoms in total. The molecule has 1 heteroatoms. The van der Waals surface area contributed by atoms with Gasteiger partial charge in [-0.2, -0.15) is 0 Å². The Kier molecular flexibility index (Phi) is 2.87. The van der Waals surface area contributed by atoms with E-state index in [2.05, 4.69) is 43.4 Å². The summed E-state index contributed by atoms with van der Waals surface area (Å²) in [6.45, 7) is 5.41. The zero-order valence-electron chi connectivity index (χ0n) is 9.09. The SMILES string of the molecule is CC(C)NCc1ccccc1C1CC1. The summed E-state index contributed by atoms with van der Waals surface area (Å²) in [6.07, 6.45) is 2.78. The molecule has 1 saturated carbocycles. The molecule has 0 bridgehead atoms. The molecule has 0 heterocycles. The normalized spacial score (nSPS) is 16.2. The lowest BCUT2D eigenvalue weighted by Gasteiger charge is -2.11. The van der Waals surface area contributed by atoms with E-state index in [1.54, 1.807) is 5.56 Å². The van der Waals surface area contributed by atoms with Crippen LogP contribution in [0.3, 0.4) is 0 Å². The lowest BCUT2D eigenvalue weighted by molar-refractivity contribution is 0.586. The maximum atomic E-state index is 3.48. The summed E-state index contributed by atoms with van der Waals surface area (Å²) in [5, 5.41) is 3.48. The first kappa shape index (κ1) is 9.72. The number of hydrogen-bond donors (Lipinski definition) is 1. The second-order valence-corrected chi connectivity index (χ2v) is 4.51. The van der Waals surface area contributed by atoms with Crippen molar-refractivity contribution in [1.82, 2.24) is 5.32 Å². The summed E-state index contributed by atoms with van der Waals surface area (Å²) in [6, 6.07) is 9.41. The molecule has 0 aliphatic heterocycles. The molecule has 0 aromatic heterocycles. The average Bonchev–Trinajstić information content (AvgIpc) is 2.98. The van der Waals surface area contributed by atoms with E-state index in [1.165, 1.54) is 18.4 Å². The van der Waals surface area contributed by atoms with Crippen molar-refractivity contribution in [1.29, 1.82) is 0 Å². The molecule has 2 rings (SSSR count). The highest BCUT2D eigenvalue weighted by Crippen LogP contribution is 2.41. The van der Waals surface area contributed by atoms with Crippen LogP contribution in [0.4, 0.5) is 0 Å². The Morgan fingerprint density at radius 2 is 2.00 bits per heavy atom. The van der Waals surface area contributed by atoms with Gasteiger partial charge in [0, 0.05) is 12.6 Å². The van der Waals surface area contributed by atoms with Gasteiger partial charge in [-0.15, -0.1) is 0 Å². The molecular weight excluding hydrogens is 170 g/mol. The van der Waals surface area contributed by atoms with Gasteiger partial charge in [0.2, 0.25) is 0 Å². The van der Waals surface area contributed by atoms with Crippen LogP contribution in [0.2, 0.25) is 0 Å². The van der Waals surface area contributed by atoms with Crippen molar-refractivity contribution in [3.05, 3.63) is 35.4 Å². The van der Waals surface area contributed by atoms with E-state index in [4.69, 9.17) is 0 Å². The van der Waals surface area contributed by atoms with E-state index >= 15 is 0 Å². The van der Waals surface area contributed by atoms with E-state index in [0.29, 0.717) is 6.04 Å². The zero-order chi connectivity index (χ0) is 9.97. The zero-order valence-corrected chi connectivity index (χ0v) is 9.09. The Labute approximate surface area is 86.5 Å². The number of hydrogen-bond acceptors (Lipinski definition) is 1. The van der Waals surface area contributed by atoms with Gasteiger partial charge in [0.15, 0.2) is 0 Å². The number of benzene rings is 1. The summed E-state index contributed by atoms with van der Waals surface area (Å²) in [5.41, 5.74) is 3.06. The van der Waals surface area contributed by atoms with Crippen LogP contribution in [0.5, 0.6) is 0 Å². The third-order valence-corrected chi connectivity index (χ3v) is 2.77. The predicted molar refractivity (Wildman–Crippen MR) is 60.4 cm³/mol. The van der Waals surface area contributed by atoms with E-state index in [0.717, 1.165) is 12.5 Å². The van der Waals surface area contributed by atoms with Gasteiger partial charge in [-0.25, -0.2) is 0 Å². The van der Waals surface area contributed by atoms with E-state index in [1.807, 2.05) is 0 Å². The second kappa shape index (κ2) is 4.14. The highest BCUT2D eigenvalue weighted by molar-refractivity contribution is 5.33. The molecule has 76 valence electrons. The maximum absolute atomic E-state index is 3.48. The van der Waals surface area contributed by atoms with Crippen molar-refractivity contribution in [2.45, 2.75) is 45.2 Å². The minimum atomic E-state index is 0.572. The lowest BCUT2D eigenvalue weighted by atomic mass is 10.0. The molecule has 1 aliphatic rings. The summed E-state index contributed by atoms with van der Waals surface area (Å²) in [5.74, 6) is 0.861. The van der Waals surface area contributed by atoms with Crippen LogP contribution in [0.15, 0.2) is 24.3 Å². The van der Waals surface area contributed by atoms with Gasteiger partial charge >= 0.3 is 0 Å². The molecule has 1 fully saturated rings. The first-order valence-electron chi connectivity index (χ1n) is 5.58. The standard InChI is InChI=1S/C13H19N/c1-10(2)14-9-12-5-3-4-6-13(12)11-7-8-11/h3-6,10-11,14H,7-9H2,1-2H3.